The highest BCUT2D eigenvalue weighted by Gasteiger charge is 2.17. The Bertz CT molecular complexity index is 1340. The van der Waals surface area contributed by atoms with Crippen molar-refractivity contribution < 1.29 is 0 Å². The zero-order valence-electron chi connectivity index (χ0n) is 18.9. The molecule has 0 amide bonds. The van der Waals surface area contributed by atoms with E-state index in [4.69, 9.17) is 11.6 Å². The van der Waals surface area contributed by atoms with Crippen molar-refractivity contribution >= 4 is 39.1 Å². The van der Waals surface area contributed by atoms with E-state index in [9.17, 15) is 4.79 Å². The molecule has 4 aromatic rings. The smallest absolute Gasteiger partial charge is 0.262 e. The average molecular weight is 462 g/mol. The predicted octanol–water partition coefficient (Wildman–Crippen LogP) is 4.51. The highest BCUT2D eigenvalue weighted by molar-refractivity contribution is 6.30. The average Bonchev–Trinajstić information content (AvgIpc) is 2.83. The van der Waals surface area contributed by atoms with Crippen LogP contribution in [0.3, 0.4) is 0 Å². The Hall–Kier alpha value is -2.96. The largest absolute Gasteiger partial charge is 0.369 e. The summed E-state index contributed by atoms with van der Waals surface area (Å²) in [6.45, 7) is 7.87. The van der Waals surface area contributed by atoms with Crippen molar-refractivity contribution in [3.05, 3.63) is 75.9 Å². The second kappa shape index (κ2) is 9.49. The van der Waals surface area contributed by atoms with Crippen molar-refractivity contribution in [2.45, 2.75) is 26.3 Å². The molecule has 0 saturated carbocycles. The number of anilines is 1. The van der Waals surface area contributed by atoms with E-state index in [0.717, 1.165) is 72.6 Å². The van der Waals surface area contributed by atoms with Crippen LogP contribution in [0.25, 0.3) is 21.8 Å². The Morgan fingerprint density at radius 2 is 1.76 bits per heavy atom. The minimum absolute atomic E-state index is 0.00916. The van der Waals surface area contributed by atoms with E-state index in [1.165, 1.54) is 5.69 Å². The quantitative estimate of drug-likeness (QED) is 0.312. The second-order valence-electron chi connectivity index (χ2n) is 8.80. The van der Waals surface area contributed by atoms with Gasteiger partial charge in [0.1, 0.15) is 0 Å². The number of hydrogen-bond acceptors (Lipinski definition) is 5. The summed E-state index contributed by atoms with van der Waals surface area (Å²) in [6.07, 6.45) is 5.36. The Labute approximate surface area is 198 Å². The Kier molecular flexibility index (Phi) is 6.29. The van der Waals surface area contributed by atoms with Gasteiger partial charge in [-0.2, -0.15) is 0 Å². The van der Waals surface area contributed by atoms with Crippen molar-refractivity contribution in [1.82, 2.24) is 19.4 Å². The Morgan fingerprint density at radius 1 is 0.939 bits per heavy atom. The van der Waals surface area contributed by atoms with Crippen LogP contribution in [0.4, 0.5) is 5.69 Å². The summed E-state index contributed by atoms with van der Waals surface area (Å²) in [4.78, 5) is 27.0. The van der Waals surface area contributed by atoms with Gasteiger partial charge in [0.25, 0.3) is 5.56 Å². The van der Waals surface area contributed by atoms with E-state index < -0.39 is 0 Å². The molecule has 3 heterocycles. The number of nitrogens with zero attached hydrogens (tertiary/aromatic N) is 5. The molecule has 6 nitrogen and oxygen atoms in total. The first-order chi connectivity index (χ1) is 16.1. The van der Waals surface area contributed by atoms with Gasteiger partial charge in [-0.25, -0.2) is 4.98 Å². The van der Waals surface area contributed by atoms with Gasteiger partial charge in [-0.05, 0) is 56.1 Å². The van der Waals surface area contributed by atoms with Crippen LogP contribution in [0.5, 0.6) is 0 Å². The van der Waals surface area contributed by atoms with Crippen LogP contribution < -0.4 is 10.5 Å². The molecule has 1 fully saturated rings. The van der Waals surface area contributed by atoms with Crippen LogP contribution >= 0.6 is 11.6 Å². The van der Waals surface area contributed by atoms with Crippen LogP contribution in [0.1, 0.15) is 18.4 Å². The van der Waals surface area contributed by atoms with Crippen molar-refractivity contribution in [1.29, 1.82) is 0 Å². The van der Waals surface area contributed by atoms with E-state index in [-0.39, 0.29) is 5.56 Å². The molecule has 2 aromatic heterocycles. The van der Waals surface area contributed by atoms with Crippen LogP contribution in [0, 0.1) is 6.92 Å². The Balaban J connectivity index is 1.16. The number of piperazine rings is 1. The Morgan fingerprint density at radius 3 is 2.58 bits per heavy atom. The topological polar surface area (TPSA) is 54.3 Å². The minimum atomic E-state index is -0.00916. The lowest BCUT2D eigenvalue weighted by Gasteiger charge is -2.36. The normalized spacial score (nSPS) is 14.9. The first kappa shape index (κ1) is 21.9. The summed E-state index contributed by atoms with van der Waals surface area (Å²) < 4.78 is 1.72. The highest BCUT2D eigenvalue weighted by atomic mass is 35.5. The number of rotatable bonds is 6. The van der Waals surface area contributed by atoms with Gasteiger partial charge < -0.3 is 4.90 Å². The van der Waals surface area contributed by atoms with Crippen LogP contribution in [0.15, 0.2) is 59.8 Å². The van der Waals surface area contributed by atoms with Crippen molar-refractivity contribution in [2.24, 2.45) is 0 Å². The van der Waals surface area contributed by atoms with Gasteiger partial charge in [0.15, 0.2) is 0 Å². The van der Waals surface area contributed by atoms with Crippen molar-refractivity contribution in [2.75, 3.05) is 37.6 Å². The predicted molar refractivity (Wildman–Crippen MR) is 135 cm³/mol. The maximum Gasteiger partial charge on any atom is 0.262 e. The molecule has 2 aromatic carbocycles. The van der Waals surface area contributed by atoms with Crippen LogP contribution in [-0.2, 0) is 6.54 Å². The number of unbranched alkanes of at least 4 members (excludes halogenated alkanes) is 1. The van der Waals surface area contributed by atoms with E-state index in [1.807, 2.05) is 43.3 Å². The molecule has 0 N–H and O–H groups in total. The van der Waals surface area contributed by atoms with Gasteiger partial charge in [-0.3, -0.25) is 19.2 Å². The molecule has 0 radical (unpaired) electrons. The fourth-order valence-corrected chi connectivity index (χ4v) is 4.78. The highest BCUT2D eigenvalue weighted by Crippen LogP contribution is 2.22. The third kappa shape index (κ3) is 4.72. The molecular formula is C26H28ClN5O. The lowest BCUT2D eigenvalue weighted by atomic mass is 10.1. The third-order valence-corrected chi connectivity index (χ3v) is 6.72. The van der Waals surface area contributed by atoms with Crippen LogP contribution in [0.2, 0.25) is 5.02 Å². The fourth-order valence-electron chi connectivity index (χ4n) is 4.60. The first-order valence-corrected chi connectivity index (χ1v) is 11.9. The first-order valence-electron chi connectivity index (χ1n) is 11.6. The second-order valence-corrected chi connectivity index (χ2v) is 9.24. The minimum Gasteiger partial charge on any atom is -0.369 e. The number of halogens is 1. The molecule has 0 spiro atoms. The van der Waals surface area contributed by atoms with Crippen LogP contribution in [-0.4, -0.2) is 52.2 Å². The summed E-state index contributed by atoms with van der Waals surface area (Å²) in [6, 6.07) is 14.1. The summed E-state index contributed by atoms with van der Waals surface area (Å²) >= 11 is 6.13. The molecule has 33 heavy (non-hydrogen) atoms. The summed E-state index contributed by atoms with van der Waals surface area (Å²) in [5, 5.41) is 2.30. The molecule has 1 aliphatic heterocycles. The van der Waals surface area contributed by atoms with Gasteiger partial charge in [-0.15, -0.1) is 0 Å². The fraction of sp³-hybridized carbons (Fsp3) is 0.346. The number of pyridine rings is 1. The number of fused-ring (bicyclic) bond motifs is 3. The van der Waals surface area contributed by atoms with E-state index in [2.05, 4.69) is 25.8 Å². The molecule has 0 aliphatic carbocycles. The molecule has 170 valence electrons. The standard InChI is InChI=1S/C26H28ClN5O/c1-19-7-8-22-24(15-19)28-17-23-25(22)29-18-32(26(23)33)10-3-2-9-30-11-13-31(14-12-30)21-6-4-5-20(27)16-21/h4-8,15-18H,2-3,9-14H2,1H3. The lowest BCUT2D eigenvalue weighted by molar-refractivity contribution is 0.251. The number of hydrogen-bond donors (Lipinski definition) is 0. The molecule has 1 aliphatic rings. The van der Waals surface area contributed by atoms with Gasteiger partial charge in [0, 0.05) is 55.0 Å². The number of aromatic nitrogens is 3. The van der Waals surface area contributed by atoms with Gasteiger partial charge >= 0.3 is 0 Å². The van der Waals surface area contributed by atoms with Crippen molar-refractivity contribution in [3.8, 4) is 0 Å². The van der Waals surface area contributed by atoms with E-state index in [0.29, 0.717) is 11.9 Å². The van der Waals surface area contributed by atoms with Gasteiger partial charge in [0.05, 0.1) is 22.7 Å². The van der Waals surface area contributed by atoms with Gasteiger partial charge in [0.2, 0.25) is 0 Å². The zero-order chi connectivity index (χ0) is 22.8. The lowest BCUT2D eigenvalue weighted by Crippen LogP contribution is -2.46. The summed E-state index contributed by atoms with van der Waals surface area (Å²) in [5.41, 5.74) is 3.95. The molecule has 1 saturated heterocycles. The SMILES string of the molecule is Cc1ccc2c(c1)ncc1c(=O)n(CCCCN3CCN(c4cccc(Cl)c4)CC3)cnc12. The molecule has 7 heteroatoms. The summed E-state index contributed by atoms with van der Waals surface area (Å²) in [5.74, 6) is 0. The third-order valence-electron chi connectivity index (χ3n) is 6.48. The molecule has 0 bridgehead atoms. The van der Waals surface area contributed by atoms with Gasteiger partial charge in [-0.1, -0.05) is 29.8 Å². The summed E-state index contributed by atoms with van der Waals surface area (Å²) in [7, 11) is 0. The van der Waals surface area contributed by atoms with Crippen molar-refractivity contribution in [3.63, 3.8) is 0 Å². The molecule has 0 atom stereocenters. The monoisotopic (exact) mass is 461 g/mol. The maximum absolute atomic E-state index is 13.0. The maximum atomic E-state index is 13.0. The molecule has 0 unspecified atom stereocenters. The van der Waals surface area contributed by atoms with E-state index >= 15 is 0 Å². The zero-order valence-corrected chi connectivity index (χ0v) is 19.6. The number of aryl methyl sites for hydroxylation is 2. The van der Waals surface area contributed by atoms with E-state index in [1.54, 1.807) is 17.1 Å². The molecule has 5 rings (SSSR count). The molecular weight excluding hydrogens is 434 g/mol. The number of benzene rings is 2.